The van der Waals surface area contributed by atoms with E-state index < -0.39 is 0 Å². The average Bonchev–Trinajstić information content (AvgIpc) is 2.80. The zero-order valence-corrected chi connectivity index (χ0v) is 9.85. The fourth-order valence-corrected chi connectivity index (χ4v) is 2.48. The summed E-state index contributed by atoms with van der Waals surface area (Å²) in [6.07, 6.45) is 5.24. The Balaban J connectivity index is 2.16. The van der Waals surface area contributed by atoms with Crippen LogP contribution in [0.3, 0.4) is 0 Å². The minimum Gasteiger partial charge on any atom is -0.468 e. The molecule has 0 aliphatic heterocycles. The maximum Gasteiger partial charge on any atom is 0.118 e. The third kappa shape index (κ3) is 2.65. The van der Waals surface area contributed by atoms with Crippen molar-refractivity contribution in [3.8, 4) is 0 Å². The highest BCUT2D eigenvalue weighted by Gasteiger charge is 2.20. The Labute approximate surface area is 99.1 Å². The van der Waals surface area contributed by atoms with Gasteiger partial charge in [-0.3, -0.25) is 4.98 Å². The minimum atomic E-state index is 0.0318. The van der Waals surface area contributed by atoms with E-state index in [1.54, 1.807) is 30.4 Å². The molecule has 0 saturated heterocycles. The Morgan fingerprint density at radius 2 is 2.06 bits per heavy atom. The molecule has 2 unspecified atom stereocenters. The van der Waals surface area contributed by atoms with Gasteiger partial charge in [0.15, 0.2) is 0 Å². The highest BCUT2D eigenvalue weighted by Crippen LogP contribution is 2.36. The largest absolute Gasteiger partial charge is 0.468 e. The number of nitrogens with two attached hydrogens (primary N) is 1. The van der Waals surface area contributed by atoms with Gasteiger partial charge < -0.3 is 10.2 Å². The molecule has 2 rings (SSSR count). The van der Waals surface area contributed by atoms with Crippen molar-refractivity contribution in [3.63, 3.8) is 0 Å². The quantitative estimate of drug-likeness (QED) is 0.826. The summed E-state index contributed by atoms with van der Waals surface area (Å²) < 4.78 is 5.41. The highest BCUT2D eigenvalue weighted by molar-refractivity contribution is 7.99. The Morgan fingerprint density at radius 1 is 1.31 bits per heavy atom. The first kappa shape index (κ1) is 11.2. The number of hydrogen-bond acceptors (Lipinski definition) is 4. The molecule has 3 nitrogen and oxygen atoms in total. The van der Waals surface area contributed by atoms with Crippen LogP contribution in [0.15, 0.2) is 52.2 Å². The van der Waals surface area contributed by atoms with E-state index in [1.807, 2.05) is 31.2 Å². The molecular formula is C12H14N2OS. The van der Waals surface area contributed by atoms with Gasteiger partial charge in [0, 0.05) is 23.3 Å². The Kier molecular flexibility index (Phi) is 3.64. The van der Waals surface area contributed by atoms with Crippen LogP contribution in [0.1, 0.15) is 17.9 Å². The van der Waals surface area contributed by atoms with Crippen LogP contribution in [0.2, 0.25) is 0 Å². The molecule has 2 aromatic rings. The van der Waals surface area contributed by atoms with Crippen molar-refractivity contribution in [2.75, 3.05) is 0 Å². The third-order valence-corrected chi connectivity index (χ3v) is 3.67. The van der Waals surface area contributed by atoms with Crippen molar-refractivity contribution in [1.82, 2.24) is 4.98 Å². The molecule has 84 valence electrons. The third-order valence-electron chi connectivity index (χ3n) is 2.21. The summed E-state index contributed by atoms with van der Waals surface area (Å²) in [5.74, 6) is 0.914. The second kappa shape index (κ2) is 5.18. The lowest BCUT2D eigenvalue weighted by molar-refractivity contribution is 0.487. The first-order chi connectivity index (χ1) is 7.77. The molecule has 4 heteroatoms. The fraction of sp³-hybridized carbons (Fsp3) is 0.250. The molecule has 2 N–H and O–H groups in total. The van der Waals surface area contributed by atoms with Gasteiger partial charge in [0.05, 0.1) is 11.5 Å². The van der Waals surface area contributed by atoms with E-state index in [-0.39, 0.29) is 11.3 Å². The normalized spacial score (nSPS) is 14.6. The number of pyridine rings is 1. The van der Waals surface area contributed by atoms with Crippen LogP contribution in [0, 0.1) is 0 Å². The molecule has 2 atom stereocenters. The molecule has 2 heterocycles. The van der Waals surface area contributed by atoms with E-state index in [1.165, 1.54) is 0 Å². The van der Waals surface area contributed by atoms with Crippen molar-refractivity contribution in [2.45, 2.75) is 23.1 Å². The van der Waals surface area contributed by atoms with E-state index >= 15 is 0 Å². The number of nitrogens with zero attached hydrogens (tertiary/aromatic N) is 1. The monoisotopic (exact) mass is 234 g/mol. The zero-order chi connectivity index (χ0) is 11.4. The Morgan fingerprint density at radius 3 is 2.62 bits per heavy atom. The van der Waals surface area contributed by atoms with Gasteiger partial charge in [-0.25, -0.2) is 0 Å². The molecule has 0 aliphatic carbocycles. The van der Waals surface area contributed by atoms with Gasteiger partial charge in [-0.05, 0) is 31.2 Å². The van der Waals surface area contributed by atoms with Crippen molar-refractivity contribution in [3.05, 3.63) is 48.7 Å². The fourth-order valence-electron chi connectivity index (χ4n) is 1.44. The number of furan rings is 1. The summed E-state index contributed by atoms with van der Waals surface area (Å²) in [6, 6.07) is 7.83. The number of thioether (sulfide) groups is 1. The van der Waals surface area contributed by atoms with Gasteiger partial charge in [-0.15, -0.1) is 11.8 Å². The maximum atomic E-state index is 5.98. The summed E-state index contributed by atoms with van der Waals surface area (Å²) in [4.78, 5) is 5.14. The molecule has 0 aromatic carbocycles. The van der Waals surface area contributed by atoms with E-state index in [0.717, 1.165) is 10.7 Å². The number of aromatic nitrogens is 1. The Hall–Kier alpha value is -1.26. The van der Waals surface area contributed by atoms with Crippen molar-refractivity contribution >= 4 is 11.8 Å². The van der Waals surface area contributed by atoms with Crippen LogP contribution >= 0.6 is 11.8 Å². The molecule has 0 spiro atoms. The standard InChI is InChI=1S/C12H14N2OS/c1-9(13)12(11-3-2-8-15-11)16-10-4-6-14-7-5-10/h2-9,12H,13H2,1H3. The lowest BCUT2D eigenvalue weighted by Gasteiger charge is -2.17. The van der Waals surface area contributed by atoms with Crippen LogP contribution in [0.25, 0.3) is 0 Å². The van der Waals surface area contributed by atoms with Gasteiger partial charge in [0.25, 0.3) is 0 Å². The number of rotatable bonds is 4. The van der Waals surface area contributed by atoms with Crippen LogP contribution in [0.4, 0.5) is 0 Å². The summed E-state index contributed by atoms with van der Waals surface area (Å²) in [5, 5.41) is 0.136. The van der Waals surface area contributed by atoms with Gasteiger partial charge in [-0.2, -0.15) is 0 Å². The van der Waals surface area contributed by atoms with Crippen molar-refractivity contribution in [2.24, 2.45) is 5.73 Å². The molecule has 0 amide bonds. The van der Waals surface area contributed by atoms with Crippen LogP contribution in [-0.2, 0) is 0 Å². The molecular weight excluding hydrogens is 220 g/mol. The molecule has 0 aliphatic rings. The second-order valence-electron chi connectivity index (χ2n) is 3.60. The van der Waals surface area contributed by atoms with Crippen molar-refractivity contribution in [1.29, 1.82) is 0 Å². The van der Waals surface area contributed by atoms with E-state index in [9.17, 15) is 0 Å². The summed E-state index contributed by atoms with van der Waals surface area (Å²) in [5.41, 5.74) is 5.98. The van der Waals surface area contributed by atoms with Gasteiger partial charge >= 0.3 is 0 Å². The zero-order valence-electron chi connectivity index (χ0n) is 9.04. The minimum absolute atomic E-state index is 0.0318. The maximum absolute atomic E-state index is 5.98. The average molecular weight is 234 g/mol. The lowest BCUT2D eigenvalue weighted by atomic mass is 10.2. The van der Waals surface area contributed by atoms with E-state index in [4.69, 9.17) is 10.2 Å². The van der Waals surface area contributed by atoms with Crippen LogP contribution < -0.4 is 5.73 Å². The van der Waals surface area contributed by atoms with E-state index in [2.05, 4.69) is 4.98 Å². The topological polar surface area (TPSA) is 52.0 Å². The van der Waals surface area contributed by atoms with Crippen LogP contribution in [-0.4, -0.2) is 11.0 Å². The summed E-state index contributed by atoms with van der Waals surface area (Å²) >= 11 is 1.70. The van der Waals surface area contributed by atoms with Gasteiger partial charge in [0.1, 0.15) is 5.76 Å². The second-order valence-corrected chi connectivity index (χ2v) is 4.81. The molecule has 2 aromatic heterocycles. The molecule has 0 saturated carbocycles. The van der Waals surface area contributed by atoms with E-state index in [0.29, 0.717) is 0 Å². The molecule has 0 radical (unpaired) electrons. The molecule has 0 fully saturated rings. The number of hydrogen-bond donors (Lipinski definition) is 1. The molecule has 0 bridgehead atoms. The first-order valence-corrected chi connectivity index (χ1v) is 6.01. The predicted molar refractivity (Wildman–Crippen MR) is 65.2 cm³/mol. The van der Waals surface area contributed by atoms with Gasteiger partial charge in [0.2, 0.25) is 0 Å². The molecule has 16 heavy (non-hydrogen) atoms. The summed E-state index contributed by atoms with van der Waals surface area (Å²) in [7, 11) is 0. The Bertz CT molecular complexity index is 414. The summed E-state index contributed by atoms with van der Waals surface area (Å²) in [6.45, 7) is 1.99. The van der Waals surface area contributed by atoms with Gasteiger partial charge in [-0.1, -0.05) is 0 Å². The van der Waals surface area contributed by atoms with Crippen LogP contribution in [0.5, 0.6) is 0 Å². The highest BCUT2D eigenvalue weighted by atomic mass is 32.2. The SMILES string of the molecule is CC(N)C(Sc1ccncc1)c1ccco1. The predicted octanol–water partition coefficient (Wildman–Crippen LogP) is 2.86. The lowest BCUT2D eigenvalue weighted by Crippen LogP contribution is -2.22. The first-order valence-electron chi connectivity index (χ1n) is 5.13. The smallest absolute Gasteiger partial charge is 0.118 e. The van der Waals surface area contributed by atoms with Crippen molar-refractivity contribution < 1.29 is 4.42 Å².